The monoisotopic (exact) mass is 322 g/mol. The van der Waals surface area contributed by atoms with Crippen LogP contribution < -0.4 is 15.0 Å². The molecule has 0 spiro atoms. The summed E-state index contributed by atoms with van der Waals surface area (Å²) in [6.07, 6.45) is 0.962. The second-order valence-electron chi connectivity index (χ2n) is 5.58. The molecule has 0 unspecified atom stereocenters. The van der Waals surface area contributed by atoms with E-state index in [0.29, 0.717) is 17.3 Å². The van der Waals surface area contributed by atoms with Crippen molar-refractivity contribution in [3.63, 3.8) is 0 Å². The number of benzene rings is 1. The molecule has 22 heavy (non-hydrogen) atoms. The highest BCUT2D eigenvalue weighted by Crippen LogP contribution is 2.12. The van der Waals surface area contributed by atoms with Gasteiger partial charge in [-0.15, -0.1) is 0 Å². The van der Waals surface area contributed by atoms with Crippen LogP contribution in [0, 0.1) is 0 Å². The Hall–Kier alpha value is -1.66. The molecule has 0 bridgehead atoms. The molecule has 0 aromatic heterocycles. The predicted molar refractivity (Wildman–Crippen MR) is 90.5 cm³/mol. The summed E-state index contributed by atoms with van der Waals surface area (Å²) in [5.41, 5.74) is 0.589. The number of carbonyl (C=O) groups is 1. The lowest BCUT2D eigenvalue weighted by Gasteiger charge is -2.31. The molecule has 1 amide bonds. The standard InChI is InChI=1S/C16H23N3O2S/c1-3-12-21-14-6-4-13(5-7-14)15(20)17-16(22)19-10-8-18(2)9-11-19/h4-7H,3,8-12H2,1-2H3,(H,17,20,22)/p+1. The van der Waals surface area contributed by atoms with Crippen LogP contribution in [-0.2, 0) is 0 Å². The first-order valence-electron chi connectivity index (χ1n) is 7.74. The fourth-order valence-electron chi connectivity index (χ4n) is 2.26. The zero-order valence-electron chi connectivity index (χ0n) is 13.2. The van der Waals surface area contributed by atoms with Gasteiger partial charge in [0, 0.05) is 5.56 Å². The van der Waals surface area contributed by atoms with Crippen LogP contribution in [-0.4, -0.2) is 55.8 Å². The van der Waals surface area contributed by atoms with Crippen molar-refractivity contribution in [1.82, 2.24) is 10.2 Å². The van der Waals surface area contributed by atoms with Crippen LogP contribution in [0.1, 0.15) is 23.7 Å². The highest BCUT2D eigenvalue weighted by atomic mass is 32.1. The van der Waals surface area contributed by atoms with E-state index in [9.17, 15) is 4.79 Å². The Bertz CT molecular complexity index is 511. The minimum Gasteiger partial charge on any atom is -0.494 e. The molecule has 6 heteroatoms. The first kappa shape index (κ1) is 16.7. The van der Waals surface area contributed by atoms with Gasteiger partial charge in [-0.1, -0.05) is 6.92 Å². The minimum atomic E-state index is -0.168. The van der Waals surface area contributed by atoms with Crippen molar-refractivity contribution >= 4 is 23.2 Å². The van der Waals surface area contributed by atoms with E-state index >= 15 is 0 Å². The molecule has 2 N–H and O–H groups in total. The average Bonchev–Trinajstić information content (AvgIpc) is 2.54. The molecule has 1 heterocycles. The second-order valence-corrected chi connectivity index (χ2v) is 5.96. The quantitative estimate of drug-likeness (QED) is 0.784. The van der Waals surface area contributed by atoms with E-state index in [-0.39, 0.29) is 5.91 Å². The minimum absolute atomic E-state index is 0.168. The van der Waals surface area contributed by atoms with Gasteiger partial charge < -0.3 is 14.5 Å². The summed E-state index contributed by atoms with van der Waals surface area (Å²) >= 11 is 5.33. The number of likely N-dealkylation sites (N-methyl/N-ethyl adjacent to an activating group) is 1. The Balaban J connectivity index is 1.87. The Morgan fingerprint density at radius 1 is 1.32 bits per heavy atom. The normalized spacial score (nSPS) is 15.5. The van der Waals surface area contributed by atoms with Crippen LogP contribution in [0.3, 0.4) is 0 Å². The Morgan fingerprint density at radius 2 is 1.95 bits per heavy atom. The van der Waals surface area contributed by atoms with E-state index in [2.05, 4.69) is 24.2 Å². The van der Waals surface area contributed by atoms with Gasteiger partial charge in [0.05, 0.1) is 39.8 Å². The number of thiocarbonyl (C=S) groups is 1. The van der Waals surface area contributed by atoms with Crippen molar-refractivity contribution in [3.05, 3.63) is 29.8 Å². The van der Waals surface area contributed by atoms with Crippen LogP contribution in [0.25, 0.3) is 0 Å². The zero-order valence-corrected chi connectivity index (χ0v) is 14.0. The lowest BCUT2D eigenvalue weighted by Crippen LogP contribution is -3.12. The maximum atomic E-state index is 12.2. The van der Waals surface area contributed by atoms with E-state index in [4.69, 9.17) is 17.0 Å². The fourth-order valence-corrected chi connectivity index (χ4v) is 2.54. The molecular weight excluding hydrogens is 298 g/mol. The number of nitrogens with one attached hydrogen (secondary N) is 2. The van der Waals surface area contributed by atoms with Gasteiger partial charge in [-0.05, 0) is 42.9 Å². The Kier molecular flexibility index (Phi) is 6.15. The van der Waals surface area contributed by atoms with Crippen LogP contribution in [0.5, 0.6) is 5.75 Å². The maximum absolute atomic E-state index is 12.2. The molecule has 0 radical (unpaired) electrons. The molecule has 0 saturated carbocycles. The van der Waals surface area contributed by atoms with Gasteiger partial charge >= 0.3 is 0 Å². The van der Waals surface area contributed by atoms with Gasteiger partial charge in [-0.25, -0.2) is 0 Å². The molecule has 1 aromatic carbocycles. The molecule has 1 aliphatic heterocycles. The number of rotatable bonds is 4. The molecule has 5 nitrogen and oxygen atoms in total. The number of hydrogen-bond donors (Lipinski definition) is 2. The summed E-state index contributed by atoms with van der Waals surface area (Å²) < 4.78 is 5.51. The molecular formula is C16H24N3O2S+. The molecule has 1 aromatic rings. The van der Waals surface area contributed by atoms with Crippen molar-refractivity contribution in [2.75, 3.05) is 39.8 Å². The van der Waals surface area contributed by atoms with Crippen molar-refractivity contribution in [2.24, 2.45) is 0 Å². The zero-order chi connectivity index (χ0) is 15.9. The lowest BCUT2D eigenvalue weighted by molar-refractivity contribution is -0.883. The summed E-state index contributed by atoms with van der Waals surface area (Å²) in [5.74, 6) is 0.612. The van der Waals surface area contributed by atoms with Crippen molar-refractivity contribution < 1.29 is 14.4 Å². The predicted octanol–water partition coefficient (Wildman–Crippen LogP) is 0.320. The third-order valence-electron chi connectivity index (χ3n) is 3.71. The molecule has 2 rings (SSSR count). The molecule has 0 aliphatic carbocycles. The van der Waals surface area contributed by atoms with Gasteiger partial charge in [-0.2, -0.15) is 0 Å². The number of amides is 1. The topological polar surface area (TPSA) is 46.0 Å². The number of nitrogens with zero attached hydrogens (tertiary/aromatic N) is 1. The van der Waals surface area contributed by atoms with E-state index in [1.54, 1.807) is 12.1 Å². The van der Waals surface area contributed by atoms with Crippen LogP contribution in [0.2, 0.25) is 0 Å². The van der Waals surface area contributed by atoms with Gasteiger partial charge in [-0.3, -0.25) is 10.1 Å². The second kappa shape index (κ2) is 8.10. The first-order chi connectivity index (χ1) is 10.6. The highest BCUT2D eigenvalue weighted by molar-refractivity contribution is 7.80. The van der Waals surface area contributed by atoms with Gasteiger partial charge in [0.2, 0.25) is 0 Å². The maximum Gasteiger partial charge on any atom is 0.257 e. The van der Waals surface area contributed by atoms with Crippen molar-refractivity contribution in [3.8, 4) is 5.75 Å². The SMILES string of the molecule is CCCOc1ccc(C(=O)NC(=S)N2CC[NH+](C)CC2)cc1. The average molecular weight is 322 g/mol. The number of hydrogen-bond acceptors (Lipinski definition) is 3. The largest absolute Gasteiger partial charge is 0.494 e. The first-order valence-corrected chi connectivity index (χ1v) is 8.15. The van der Waals surface area contributed by atoms with Crippen LogP contribution in [0.15, 0.2) is 24.3 Å². The van der Waals surface area contributed by atoms with E-state index < -0.39 is 0 Å². The van der Waals surface area contributed by atoms with Gasteiger partial charge in [0.1, 0.15) is 5.75 Å². The molecule has 0 atom stereocenters. The molecule has 1 saturated heterocycles. The smallest absolute Gasteiger partial charge is 0.257 e. The summed E-state index contributed by atoms with van der Waals surface area (Å²) in [6.45, 7) is 6.59. The number of piperazine rings is 1. The van der Waals surface area contributed by atoms with Crippen LogP contribution in [0.4, 0.5) is 0 Å². The number of carbonyl (C=O) groups excluding carboxylic acids is 1. The number of ether oxygens (including phenoxy) is 1. The van der Waals surface area contributed by atoms with E-state index in [1.165, 1.54) is 4.90 Å². The fraction of sp³-hybridized carbons (Fsp3) is 0.500. The summed E-state index contributed by atoms with van der Waals surface area (Å²) in [7, 11) is 2.17. The third kappa shape index (κ3) is 4.68. The highest BCUT2D eigenvalue weighted by Gasteiger charge is 2.20. The molecule has 120 valence electrons. The summed E-state index contributed by atoms with van der Waals surface area (Å²) in [6, 6.07) is 7.15. The molecule has 1 aliphatic rings. The summed E-state index contributed by atoms with van der Waals surface area (Å²) in [5, 5.41) is 3.33. The van der Waals surface area contributed by atoms with Gasteiger partial charge in [0.25, 0.3) is 5.91 Å². The van der Waals surface area contributed by atoms with Crippen LogP contribution >= 0.6 is 12.2 Å². The third-order valence-corrected chi connectivity index (χ3v) is 4.07. The lowest BCUT2D eigenvalue weighted by atomic mass is 10.2. The summed E-state index contributed by atoms with van der Waals surface area (Å²) in [4.78, 5) is 15.8. The van der Waals surface area contributed by atoms with Crippen molar-refractivity contribution in [2.45, 2.75) is 13.3 Å². The number of quaternary nitrogens is 1. The Labute approximate surface area is 137 Å². The van der Waals surface area contributed by atoms with E-state index in [0.717, 1.165) is 38.3 Å². The van der Waals surface area contributed by atoms with Crippen molar-refractivity contribution in [1.29, 1.82) is 0 Å². The molecule has 1 fully saturated rings. The van der Waals surface area contributed by atoms with E-state index in [1.807, 2.05) is 12.1 Å². The van der Waals surface area contributed by atoms with Gasteiger partial charge in [0.15, 0.2) is 5.11 Å². The Morgan fingerprint density at radius 3 is 2.55 bits per heavy atom.